The van der Waals surface area contributed by atoms with Gasteiger partial charge in [-0.3, -0.25) is 0 Å². The number of hydrogen-bond acceptors (Lipinski definition) is 4. The van der Waals surface area contributed by atoms with Crippen LogP contribution in [-0.2, 0) is 0 Å². The van der Waals surface area contributed by atoms with Crippen molar-refractivity contribution in [3.05, 3.63) is 95.0 Å². The quantitative estimate of drug-likeness (QED) is 0.498. The molecule has 27 heavy (non-hydrogen) atoms. The van der Waals surface area contributed by atoms with E-state index in [0.717, 1.165) is 11.5 Å². The number of carboxylic acid groups (broad SMARTS) is 1. The van der Waals surface area contributed by atoms with E-state index in [0.29, 0.717) is 28.6 Å². The van der Waals surface area contributed by atoms with Crippen LogP contribution in [0.25, 0.3) is 11.3 Å². The molecule has 3 heterocycles. The van der Waals surface area contributed by atoms with Crippen LogP contribution in [0.3, 0.4) is 0 Å². The number of rotatable bonds is 5. The predicted octanol–water partition coefficient (Wildman–Crippen LogP) is 5.63. The Bertz CT molecular complexity index is 1060. The average Bonchev–Trinajstić information content (AvgIpc) is 3.38. The first kappa shape index (κ1) is 17.0. The SMILES string of the molecule is Cc1ccc(C(c2ccc(C)o2)c2ccc(-c3ccccc3C(=O)O)o2)o1. The summed E-state index contributed by atoms with van der Waals surface area (Å²) in [5.74, 6) is 2.75. The van der Waals surface area contributed by atoms with Gasteiger partial charge in [-0.15, -0.1) is 0 Å². The summed E-state index contributed by atoms with van der Waals surface area (Å²) in [5, 5.41) is 9.43. The van der Waals surface area contributed by atoms with Gasteiger partial charge in [0, 0.05) is 5.56 Å². The summed E-state index contributed by atoms with van der Waals surface area (Å²) in [5.41, 5.74) is 0.721. The van der Waals surface area contributed by atoms with E-state index in [1.807, 2.05) is 44.2 Å². The molecular formula is C22H18O5. The molecule has 0 spiro atoms. The fourth-order valence-electron chi connectivity index (χ4n) is 3.17. The molecule has 136 valence electrons. The van der Waals surface area contributed by atoms with Crippen LogP contribution in [0.4, 0.5) is 0 Å². The van der Waals surface area contributed by atoms with Crippen LogP contribution in [0.2, 0.25) is 0 Å². The van der Waals surface area contributed by atoms with Gasteiger partial charge in [-0.2, -0.15) is 0 Å². The Kier molecular flexibility index (Phi) is 4.20. The van der Waals surface area contributed by atoms with Gasteiger partial charge in [0.25, 0.3) is 0 Å². The third-order valence-electron chi connectivity index (χ3n) is 4.43. The smallest absolute Gasteiger partial charge is 0.336 e. The molecular weight excluding hydrogens is 344 g/mol. The maximum atomic E-state index is 11.5. The largest absolute Gasteiger partial charge is 0.478 e. The highest BCUT2D eigenvalue weighted by atomic mass is 16.4. The highest BCUT2D eigenvalue weighted by molar-refractivity contribution is 5.95. The Labute approximate surface area is 155 Å². The molecule has 1 N–H and O–H groups in total. The summed E-state index contributed by atoms with van der Waals surface area (Å²) < 4.78 is 17.7. The first-order valence-corrected chi connectivity index (χ1v) is 8.58. The zero-order valence-electron chi connectivity index (χ0n) is 14.9. The normalized spacial score (nSPS) is 11.2. The lowest BCUT2D eigenvalue weighted by atomic mass is 10.0. The van der Waals surface area contributed by atoms with Crippen LogP contribution in [0, 0.1) is 13.8 Å². The fraction of sp³-hybridized carbons (Fsp3) is 0.136. The van der Waals surface area contributed by atoms with E-state index >= 15 is 0 Å². The van der Waals surface area contributed by atoms with Crippen molar-refractivity contribution >= 4 is 5.97 Å². The van der Waals surface area contributed by atoms with Gasteiger partial charge in [0.2, 0.25) is 0 Å². The fourth-order valence-corrected chi connectivity index (χ4v) is 3.17. The molecule has 0 aliphatic heterocycles. The molecule has 0 fully saturated rings. The number of benzene rings is 1. The van der Waals surface area contributed by atoms with Crippen molar-refractivity contribution in [1.82, 2.24) is 0 Å². The predicted molar refractivity (Wildman–Crippen MR) is 98.9 cm³/mol. The van der Waals surface area contributed by atoms with Crippen LogP contribution in [-0.4, -0.2) is 11.1 Å². The van der Waals surface area contributed by atoms with Crippen molar-refractivity contribution < 1.29 is 23.2 Å². The minimum absolute atomic E-state index is 0.192. The maximum absolute atomic E-state index is 11.5. The van der Waals surface area contributed by atoms with E-state index < -0.39 is 5.97 Å². The van der Waals surface area contributed by atoms with Crippen LogP contribution in [0.5, 0.6) is 0 Å². The lowest BCUT2D eigenvalue weighted by Gasteiger charge is -2.10. The Morgan fingerprint density at radius 2 is 1.33 bits per heavy atom. The van der Waals surface area contributed by atoms with Crippen molar-refractivity contribution in [2.45, 2.75) is 19.8 Å². The van der Waals surface area contributed by atoms with E-state index in [2.05, 4.69) is 0 Å². The standard InChI is InChI=1S/C22H18O5/c1-13-7-9-18(25-13)21(19-10-8-14(2)26-19)20-12-11-17(27-20)15-5-3-4-6-16(15)22(23)24/h3-12,21H,1-2H3,(H,23,24). The van der Waals surface area contributed by atoms with Crippen LogP contribution < -0.4 is 0 Å². The molecule has 4 aromatic rings. The second kappa shape index (κ2) is 6.68. The van der Waals surface area contributed by atoms with Crippen molar-refractivity contribution in [1.29, 1.82) is 0 Å². The topological polar surface area (TPSA) is 76.7 Å². The lowest BCUT2D eigenvalue weighted by Crippen LogP contribution is -2.00. The van der Waals surface area contributed by atoms with Gasteiger partial charge in [-0.05, 0) is 56.3 Å². The van der Waals surface area contributed by atoms with Gasteiger partial charge >= 0.3 is 5.97 Å². The molecule has 0 amide bonds. The van der Waals surface area contributed by atoms with Crippen molar-refractivity contribution in [2.75, 3.05) is 0 Å². The molecule has 0 atom stereocenters. The molecule has 0 bridgehead atoms. The Balaban J connectivity index is 1.80. The van der Waals surface area contributed by atoms with E-state index in [1.165, 1.54) is 0 Å². The summed E-state index contributed by atoms with van der Waals surface area (Å²) >= 11 is 0. The number of carbonyl (C=O) groups is 1. The van der Waals surface area contributed by atoms with Crippen molar-refractivity contribution in [2.24, 2.45) is 0 Å². The third-order valence-corrected chi connectivity index (χ3v) is 4.43. The number of hydrogen-bond donors (Lipinski definition) is 1. The number of aryl methyl sites for hydroxylation is 2. The molecule has 5 heteroatoms. The zero-order chi connectivity index (χ0) is 19.0. The summed E-state index contributed by atoms with van der Waals surface area (Å²) in [6.45, 7) is 3.76. The molecule has 3 aromatic heterocycles. The molecule has 0 radical (unpaired) electrons. The highest BCUT2D eigenvalue weighted by Gasteiger charge is 2.27. The number of carboxylic acids is 1. The second-order valence-corrected chi connectivity index (χ2v) is 6.38. The van der Waals surface area contributed by atoms with Gasteiger partial charge in [0.15, 0.2) is 0 Å². The lowest BCUT2D eigenvalue weighted by molar-refractivity contribution is 0.0697. The maximum Gasteiger partial charge on any atom is 0.336 e. The van der Waals surface area contributed by atoms with Gasteiger partial charge in [0.1, 0.15) is 40.5 Å². The van der Waals surface area contributed by atoms with Crippen LogP contribution in [0.15, 0.2) is 73.9 Å². The van der Waals surface area contributed by atoms with Crippen LogP contribution >= 0.6 is 0 Å². The summed E-state index contributed by atoms with van der Waals surface area (Å²) in [6, 6.07) is 17.9. The monoisotopic (exact) mass is 362 g/mol. The summed E-state index contributed by atoms with van der Waals surface area (Å²) in [4.78, 5) is 11.5. The van der Waals surface area contributed by atoms with E-state index in [4.69, 9.17) is 13.3 Å². The van der Waals surface area contributed by atoms with Gasteiger partial charge < -0.3 is 18.4 Å². The highest BCUT2D eigenvalue weighted by Crippen LogP contribution is 2.37. The third kappa shape index (κ3) is 3.19. The second-order valence-electron chi connectivity index (χ2n) is 6.38. The minimum atomic E-state index is -0.997. The van der Waals surface area contributed by atoms with Crippen LogP contribution in [0.1, 0.15) is 45.1 Å². The van der Waals surface area contributed by atoms with Crippen molar-refractivity contribution in [3.63, 3.8) is 0 Å². The number of aromatic carboxylic acids is 1. The minimum Gasteiger partial charge on any atom is -0.478 e. The summed E-state index contributed by atoms with van der Waals surface area (Å²) in [7, 11) is 0. The molecule has 5 nitrogen and oxygen atoms in total. The zero-order valence-corrected chi connectivity index (χ0v) is 14.9. The first-order chi connectivity index (χ1) is 13.0. The Morgan fingerprint density at radius 1 is 0.778 bits per heavy atom. The molecule has 0 unspecified atom stereocenters. The molecule has 0 saturated carbocycles. The Morgan fingerprint density at radius 3 is 1.89 bits per heavy atom. The van der Waals surface area contributed by atoms with E-state index in [-0.39, 0.29) is 11.5 Å². The van der Waals surface area contributed by atoms with Gasteiger partial charge in [0.05, 0.1) is 5.56 Å². The molecule has 4 rings (SSSR count). The molecule has 1 aromatic carbocycles. The summed E-state index contributed by atoms with van der Waals surface area (Å²) in [6.07, 6.45) is 0. The molecule has 0 saturated heterocycles. The van der Waals surface area contributed by atoms with Crippen molar-refractivity contribution in [3.8, 4) is 11.3 Å². The Hall–Kier alpha value is -3.47. The van der Waals surface area contributed by atoms with Gasteiger partial charge in [-0.1, -0.05) is 18.2 Å². The van der Waals surface area contributed by atoms with Gasteiger partial charge in [-0.25, -0.2) is 4.79 Å². The van der Waals surface area contributed by atoms with E-state index in [1.54, 1.807) is 30.3 Å². The molecule has 0 aliphatic rings. The average molecular weight is 362 g/mol. The van der Waals surface area contributed by atoms with E-state index in [9.17, 15) is 9.90 Å². The molecule has 0 aliphatic carbocycles. The number of furan rings is 3. The first-order valence-electron chi connectivity index (χ1n) is 8.58.